The maximum atomic E-state index is 12.5. The summed E-state index contributed by atoms with van der Waals surface area (Å²) in [4.78, 5) is 20.5. The van der Waals surface area contributed by atoms with Gasteiger partial charge in [-0.15, -0.1) is 0 Å². The van der Waals surface area contributed by atoms with Crippen LogP contribution in [0.4, 0.5) is 5.82 Å². The van der Waals surface area contributed by atoms with Crippen molar-refractivity contribution >= 4 is 22.6 Å². The second-order valence-electron chi connectivity index (χ2n) is 5.33. The second-order valence-corrected chi connectivity index (χ2v) is 5.33. The van der Waals surface area contributed by atoms with Crippen LogP contribution in [-0.2, 0) is 0 Å². The fourth-order valence-corrected chi connectivity index (χ4v) is 2.63. The lowest BCUT2D eigenvalue weighted by Crippen LogP contribution is -2.00. The first-order valence-corrected chi connectivity index (χ1v) is 7.39. The number of carbonyl (C=O) groups is 1. The number of ketones is 1. The van der Waals surface area contributed by atoms with Crippen LogP contribution in [0, 0.1) is 0 Å². The van der Waals surface area contributed by atoms with E-state index in [0.717, 1.165) is 11.3 Å². The molecule has 0 saturated carbocycles. The Kier molecular flexibility index (Phi) is 3.28. The lowest BCUT2D eigenvalue weighted by Gasteiger charge is -2.04. The normalized spacial score (nSPS) is 10.8. The Morgan fingerprint density at radius 1 is 0.917 bits per heavy atom. The Labute approximate surface area is 137 Å². The number of aromatic nitrogens is 4. The predicted molar refractivity (Wildman–Crippen MR) is 91.4 cm³/mol. The van der Waals surface area contributed by atoms with Gasteiger partial charge in [-0.25, -0.2) is 9.97 Å². The summed E-state index contributed by atoms with van der Waals surface area (Å²) in [6, 6.07) is 16.5. The van der Waals surface area contributed by atoms with Crippen LogP contribution in [0.2, 0.25) is 0 Å². The third-order valence-electron chi connectivity index (χ3n) is 3.85. The number of nitrogen functional groups attached to an aromatic ring is 1. The summed E-state index contributed by atoms with van der Waals surface area (Å²) >= 11 is 0. The maximum Gasteiger partial charge on any atom is 0.193 e. The standard InChI is InChI=1S/C18H13N5O/c19-17-14-15(22-23-18(14)21-10-20-17)11-6-8-13(9-7-11)16(24)12-4-2-1-3-5-12/h1-10H,(H3,19,20,21,22,23). The van der Waals surface area contributed by atoms with Crippen LogP contribution in [0.15, 0.2) is 60.9 Å². The molecule has 3 N–H and O–H groups in total. The van der Waals surface area contributed by atoms with Crippen LogP contribution in [0.3, 0.4) is 0 Å². The number of aromatic amines is 1. The molecule has 0 spiro atoms. The molecule has 0 saturated heterocycles. The summed E-state index contributed by atoms with van der Waals surface area (Å²) in [7, 11) is 0. The largest absolute Gasteiger partial charge is 0.383 e. The molecule has 0 fully saturated rings. The molecule has 24 heavy (non-hydrogen) atoms. The highest BCUT2D eigenvalue weighted by Gasteiger charge is 2.13. The second kappa shape index (κ2) is 5.58. The minimum Gasteiger partial charge on any atom is -0.383 e. The average molecular weight is 315 g/mol. The predicted octanol–water partition coefficient (Wildman–Crippen LogP) is 2.83. The van der Waals surface area contributed by atoms with Crippen LogP contribution in [0.1, 0.15) is 15.9 Å². The van der Waals surface area contributed by atoms with Gasteiger partial charge in [-0.3, -0.25) is 9.89 Å². The molecule has 0 bridgehead atoms. The number of nitrogens with zero attached hydrogens (tertiary/aromatic N) is 3. The molecular weight excluding hydrogens is 302 g/mol. The molecule has 2 aromatic heterocycles. The van der Waals surface area contributed by atoms with Crippen molar-refractivity contribution in [2.24, 2.45) is 0 Å². The van der Waals surface area contributed by atoms with Crippen molar-refractivity contribution in [2.75, 3.05) is 5.73 Å². The summed E-state index contributed by atoms with van der Waals surface area (Å²) in [6.45, 7) is 0. The molecule has 4 aromatic rings. The summed E-state index contributed by atoms with van der Waals surface area (Å²) in [6.07, 6.45) is 1.38. The first-order chi connectivity index (χ1) is 11.7. The van der Waals surface area contributed by atoms with Gasteiger partial charge in [-0.05, 0) is 0 Å². The van der Waals surface area contributed by atoms with Crippen molar-refractivity contribution < 1.29 is 4.79 Å². The van der Waals surface area contributed by atoms with Gasteiger partial charge in [0.05, 0.1) is 11.1 Å². The van der Waals surface area contributed by atoms with Crippen molar-refractivity contribution in [3.8, 4) is 11.3 Å². The first kappa shape index (κ1) is 14.1. The van der Waals surface area contributed by atoms with Crippen LogP contribution in [0.5, 0.6) is 0 Å². The number of rotatable bonds is 3. The van der Waals surface area contributed by atoms with E-state index in [4.69, 9.17) is 5.73 Å². The Morgan fingerprint density at radius 3 is 2.38 bits per heavy atom. The smallest absolute Gasteiger partial charge is 0.193 e. The zero-order valence-electron chi connectivity index (χ0n) is 12.6. The number of anilines is 1. The number of carbonyl (C=O) groups excluding carboxylic acids is 1. The highest BCUT2D eigenvalue weighted by Crippen LogP contribution is 2.28. The molecule has 0 aliphatic carbocycles. The van der Waals surface area contributed by atoms with E-state index < -0.39 is 0 Å². The van der Waals surface area contributed by atoms with Crippen molar-refractivity contribution in [3.05, 3.63) is 72.1 Å². The first-order valence-electron chi connectivity index (χ1n) is 7.39. The number of hydrogen-bond donors (Lipinski definition) is 2. The highest BCUT2D eigenvalue weighted by atomic mass is 16.1. The number of benzene rings is 2. The molecule has 0 amide bonds. The van der Waals surface area contributed by atoms with Gasteiger partial charge < -0.3 is 5.73 Å². The lowest BCUT2D eigenvalue weighted by atomic mass is 10.0. The van der Waals surface area contributed by atoms with Crippen molar-refractivity contribution in [1.29, 1.82) is 0 Å². The van der Waals surface area contributed by atoms with Crippen LogP contribution in [0.25, 0.3) is 22.3 Å². The summed E-state index contributed by atoms with van der Waals surface area (Å²) in [5, 5.41) is 7.75. The van der Waals surface area contributed by atoms with Crippen LogP contribution in [-0.4, -0.2) is 25.9 Å². The molecule has 2 heterocycles. The molecular formula is C18H13N5O. The van der Waals surface area contributed by atoms with E-state index in [1.807, 2.05) is 30.3 Å². The molecule has 0 radical (unpaired) electrons. The van der Waals surface area contributed by atoms with Gasteiger partial charge in [-0.2, -0.15) is 5.10 Å². The molecule has 0 unspecified atom stereocenters. The van der Waals surface area contributed by atoms with Gasteiger partial charge >= 0.3 is 0 Å². The van der Waals surface area contributed by atoms with E-state index in [2.05, 4.69) is 20.2 Å². The number of hydrogen-bond acceptors (Lipinski definition) is 5. The fraction of sp³-hybridized carbons (Fsp3) is 0. The van der Waals surface area contributed by atoms with Gasteiger partial charge in [-0.1, -0.05) is 54.6 Å². The molecule has 4 rings (SSSR count). The lowest BCUT2D eigenvalue weighted by molar-refractivity contribution is 0.103. The van der Waals surface area contributed by atoms with Gasteiger partial charge in [0.2, 0.25) is 0 Å². The van der Waals surface area contributed by atoms with Crippen molar-refractivity contribution in [3.63, 3.8) is 0 Å². The van der Waals surface area contributed by atoms with E-state index in [1.165, 1.54) is 6.33 Å². The molecule has 0 aliphatic heterocycles. The van der Waals surface area contributed by atoms with E-state index in [0.29, 0.717) is 28.0 Å². The molecule has 6 heteroatoms. The Hall–Kier alpha value is -3.54. The van der Waals surface area contributed by atoms with E-state index in [-0.39, 0.29) is 5.78 Å². The van der Waals surface area contributed by atoms with E-state index in [9.17, 15) is 4.79 Å². The van der Waals surface area contributed by atoms with Gasteiger partial charge in [0.15, 0.2) is 11.4 Å². The third-order valence-corrected chi connectivity index (χ3v) is 3.85. The summed E-state index contributed by atoms with van der Waals surface area (Å²) in [5.74, 6) is 0.354. The van der Waals surface area contributed by atoms with Crippen LogP contribution >= 0.6 is 0 Å². The third kappa shape index (κ3) is 2.30. The number of nitrogens with one attached hydrogen (secondary N) is 1. The quantitative estimate of drug-likeness (QED) is 0.567. The zero-order valence-corrected chi connectivity index (χ0v) is 12.6. The highest BCUT2D eigenvalue weighted by molar-refractivity contribution is 6.09. The average Bonchev–Trinajstić information content (AvgIpc) is 3.07. The van der Waals surface area contributed by atoms with E-state index in [1.54, 1.807) is 24.3 Å². The molecule has 116 valence electrons. The summed E-state index contributed by atoms with van der Waals surface area (Å²) in [5.41, 5.74) is 9.33. The molecule has 2 aromatic carbocycles. The van der Waals surface area contributed by atoms with Gasteiger partial charge in [0, 0.05) is 16.7 Å². The minimum atomic E-state index is -0.0144. The molecule has 6 nitrogen and oxygen atoms in total. The summed E-state index contributed by atoms with van der Waals surface area (Å²) < 4.78 is 0. The number of fused-ring (bicyclic) bond motifs is 1. The van der Waals surface area contributed by atoms with Gasteiger partial charge in [0.25, 0.3) is 0 Å². The van der Waals surface area contributed by atoms with Crippen molar-refractivity contribution in [2.45, 2.75) is 0 Å². The Morgan fingerprint density at radius 2 is 1.62 bits per heavy atom. The monoisotopic (exact) mass is 315 g/mol. The molecule has 0 atom stereocenters. The number of nitrogens with two attached hydrogens (primary N) is 1. The van der Waals surface area contributed by atoms with Gasteiger partial charge in [0.1, 0.15) is 12.1 Å². The maximum absolute atomic E-state index is 12.5. The number of H-pyrrole nitrogens is 1. The topological polar surface area (TPSA) is 97.5 Å². The Balaban J connectivity index is 1.72. The zero-order chi connectivity index (χ0) is 16.5. The SMILES string of the molecule is Nc1ncnc2n[nH]c(-c3ccc(C(=O)c4ccccc4)cc3)c12. The minimum absolute atomic E-state index is 0.0144. The van der Waals surface area contributed by atoms with Crippen LogP contribution < -0.4 is 5.73 Å². The van der Waals surface area contributed by atoms with E-state index >= 15 is 0 Å². The molecule has 0 aliphatic rings. The van der Waals surface area contributed by atoms with Crippen molar-refractivity contribution in [1.82, 2.24) is 20.2 Å². The Bertz CT molecular complexity index is 1020. The fourth-order valence-electron chi connectivity index (χ4n) is 2.63.